The number of hydrogen-bond donors (Lipinski definition) is 2. The highest BCUT2D eigenvalue weighted by Gasteiger charge is 2.40. The number of carbonyl (C=O) groups is 1. The van der Waals surface area contributed by atoms with Crippen LogP contribution in [-0.2, 0) is 17.8 Å². The lowest BCUT2D eigenvalue weighted by atomic mass is 9.96. The van der Waals surface area contributed by atoms with Crippen LogP contribution in [0.1, 0.15) is 37.8 Å². The highest BCUT2D eigenvalue weighted by molar-refractivity contribution is 6.09. The normalized spacial score (nSPS) is 18.2. The number of aryl methyl sites for hydroxylation is 1. The Bertz CT molecular complexity index is 1140. The molecule has 1 aliphatic rings. The molecule has 1 aromatic heterocycles. The van der Waals surface area contributed by atoms with Gasteiger partial charge in [0.25, 0.3) is 0 Å². The highest BCUT2D eigenvalue weighted by atomic mass is 16.2. The Balaban J connectivity index is 1.44. The number of aromatic nitrogens is 1. The molecule has 1 fully saturated rings. The first-order chi connectivity index (χ1) is 15.4. The predicted molar refractivity (Wildman–Crippen MR) is 132 cm³/mol. The zero-order chi connectivity index (χ0) is 22.7. The van der Waals surface area contributed by atoms with Gasteiger partial charge >= 0.3 is 0 Å². The van der Waals surface area contributed by atoms with Gasteiger partial charge in [0.2, 0.25) is 5.91 Å². The van der Waals surface area contributed by atoms with Crippen LogP contribution >= 0.6 is 0 Å². The van der Waals surface area contributed by atoms with E-state index in [9.17, 15) is 4.79 Å². The van der Waals surface area contributed by atoms with E-state index in [1.165, 1.54) is 23.5 Å². The maximum atomic E-state index is 13.0. The molecule has 32 heavy (non-hydrogen) atoms. The van der Waals surface area contributed by atoms with Crippen molar-refractivity contribution in [2.24, 2.45) is 11.7 Å². The van der Waals surface area contributed by atoms with Crippen LogP contribution in [-0.4, -0.2) is 33.7 Å². The van der Waals surface area contributed by atoms with Crippen LogP contribution in [0.25, 0.3) is 16.5 Å². The number of hydrogen-bond acceptors (Lipinski definition) is 3. The van der Waals surface area contributed by atoms with Crippen molar-refractivity contribution in [1.29, 1.82) is 5.41 Å². The molecule has 0 aliphatic carbocycles. The van der Waals surface area contributed by atoms with Gasteiger partial charge in [-0.05, 0) is 61.9 Å². The monoisotopic (exact) mass is 428 g/mol. The van der Waals surface area contributed by atoms with Crippen molar-refractivity contribution in [2.75, 3.05) is 6.54 Å². The quantitative estimate of drug-likeness (QED) is 0.528. The number of carbonyl (C=O) groups excluding carboxylic acids is 1. The van der Waals surface area contributed by atoms with E-state index >= 15 is 0 Å². The minimum absolute atomic E-state index is 0.126. The van der Waals surface area contributed by atoms with Crippen molar-refractivity contribution in [2.45, 2.75) is 45.2 Å². The Hall–Kier alpha value is -3.34. The van der Waals surface area contributed by atoms with Gasteiger partial charge in [0.05, 0.1) is 0 Å². The van der Waals surface area contributed by atoms with E-state index in [-0.39, 0.29) is 11.4 Å². The molecule has 2 heterocycles. The van der Waals surface area contributed by atoms with E-state index in [4.69, 9.17) is 11.1 Å². The van der Waals surface area contributed by atoms with Gasteiger partial charge in [0.15, 0.2) is 0 Å². The lowest BCUT2D eigenvalue weighted by molar-refractivity contribution is -0.134. The van der Waals surface area contributed by atoms with E-state index in [0.29, 0.717) is 17.9 Å². The molecular formula is C27H32N4O. The first-order valence-corrected chi connectivity index (χ1v) is 11.3. The van der Waals surface area contributed by atoms with E-state index in [2.05, 4.69) is 59.8 Å². The number of amides is 1. The Morgan fingerprint density at radius 3 is 2.69 bits per heavy atom. The second kappa shape index (κ2) is 9.03. The molecule has 1 amide bonds. The number of rotatable bonds is 7. The molecule has 0 saturated carbocycles. The average Bonchev–Trinajstić information content (AvgIpc) is 3.33. The predicted octanol–water partition coefficient (Wildman–Crippen LogP) is 4.85. The maximum absolute atomic E-state index is 13.0. The van der Waals surface area contributed by atoms with Gasteiger partial charge in [-0.25, -0.2) is 0 Å². The molecule has 0 radical (unpaired) electrons. The number of nitrogens with two attached hydrogens (primary N) is 1. The molecule has 1 atom stereocenters. The van der Waals surface area contributed by atoms with Crippen LogP contribution < -0.4 is 5.73 Å². The molecule has 1 unspecified atom stereocenters. The van der Waals surface area contributed by atoms with Crippen molar-refractivity contribution in [3.63, 3.8) is 0 Å². The molecule has 1 saturated heterocycles. The Labute approximate surface area is 190 Å². The highest BCUT2D eigenvalue weighted by Crippen LogP contribution is 2.35. The van der Waals surface area contributed by atoms with Crippen LogP contribution in [0.3, 0.4) is 0 Å². The zero-order valence-corrected chi connectivity index (χ0v) is 18.9. The van der Waals surface area contributed by atoms with E-state index in [1.807, 2.05) is 24.3 Å². The number of likely N-dealkylation sites (tertiary alicyclic amines) is 1. The molecule has 166 valence electrons. The molecule has 3 aromatic rings. The van der Waals surface area contributed by atoms with Crippen LogP contribution in [0, 0.1) is 11.3 Å². The number of benzene rings is 2. The molecule has 5 nitrogen and oxygen atoms in total. The molecule has 3 N–H and O–H groups in total. The summed E-state index contributed by atoms with van der Waals surface area (Å²) in [6, 6.07) is 18.5. The molecule has 4 rings (SSSR count). The second-order valence-corrected chi connectivity index (χ2v) is 9.38. The van der Waals surface area contributed by atoms with Gasteiger partial charge in [-0.2, -0.15) is 0 Å². The third-order valence-corrected chi connectivity index (χ3v) is 6.63. The summed E-state index contributed by atoms with van der Waals surface area (Å²) >= 11 is 0. The van der Waals surface area contributed by atoms with Crippen molar-refractivity contribution < 1.29 is 4.79 Å². The molecule has 5 heteroatoms. The smallest absolute Gasteiger partial charge is 0.223 e. The number of fused-ring (bicyclic) bond motifs is 1. The molecule has 1 aliphatic heterocycles. The lowest BCUT2D eigenvalue weighted by Crippen LogP contribution is -2.42. The minimum Gasteiger partial charge on any atom is -0.404 e. The first-order valence-electron chi connectivity index (χ1n) is 11.3. The summed E-state index contributed by atoms with van der Waals surface area (Å²) in [6.07, 6.45) is 7.21. The van der Waals surface area contributed by atoms with Gasteiger partial charge in [0, 0.05) is 60.1 Å². The van der Waals surface area contributed by atoms with E-state index in [1.54, 1.807) is 0 Å². The zero-order valence-electron chi connectivity index (χ0n) is 18.9. The molecule has 2 aromatic carbocycles. The SMILES string of the molecule is CC1(C)CC(Cn2ccc3cc(/C(C=N)=C/N)ccc32)CN1C(=O)CCc1ccccc1. The first kappa shape index (κ1) is 21.9. The van der Waals surface area contributed by atoms with Crippen molar-refractivity contribution in [3.05, 3.63) is 78.1 Å². The third kappa shape index (κ3) is 4.47. The summed E-state index contributed by atoms with van der Waals surface area (Å²) in [5.41, 5.74) is 9.55. The standard InChI is InChI=1S/C27H32N4O/c1-27(2)15-21(19-31(27)26(32)11-8-20-6-4-3-5-7-20)18-30-13-12-23-14-22(9-10-25(23)30)24(16-28)17-29/h3-7,9-10,12-14,16-17,21,28H,8,11,15,18-19,29H2,1-2H3/b24-17+,28-16?. The maximum Gasteiger partial charge on any atom is 0.223 e. The van der Waals surface area contributed by atoms with Gasteiger partial charge in [-0.15, -0.1) is 0 Å². The second-order valence-electron chi connectivity index (χ2n) is 9.38. The van der Waals surface area contributed by atoms with Gasteiger partial charge in [0.1, 0.15) is 0 Å². The van der Waals surface area contributed by atoms with E-state index in [0.717, 1.165) is 36.9 Å². The number of nitrogens with zero attached hydrogens (tertiary/aromatic N) is 2. The Morgan fingerprint density at radius 2 is 1.97 bits per heavy atom. The summed E-state index contributed by atoms with van der Waals surface area (Å²) in [5.74, 6) is 0.665. The van der Waals surface area contributed by atoms with Crippen LogP contribution in [0.15, 0.2) is 67.0 Å². The topological polar surface area (TPSA) is 75.1 Å². The summed E-state index contributed by atoms with van der Waals surface area (Å²) < 4.78 is 2.29. The fourth-order valence-corrected chi connectivity index (χ4v) is 5.02. The number of allylic oxidation sites excluding steroid dienone is 1. The van der Waals surface area contributed by atoms with Gasteiger partial charge in [-0.1, -0.05) is 36.4 Å². The summed E-state index contributed by atoms with van der Waals surface area (Å²) in [6.45, 7) is 6.06. The van der Waals surface area contributed by atoms with Crippen LogP contribution in [0.4, 0.5) is 0 Å². The fraction of sp³-hybridized carbons (Fsp3) is 0.333. The van der Waals surface area contributed by atoms with Crippen LogP contribution in [0.5, 0.6) is 0 Å². The van der Waals surface area contributed by atoms with Crippen molar-refractivity contribution in [3.8, 4) is 0 Å². The fourth-order valence-electron chi connectivity index (χ4n) is 5.02. The largest absolute Gasteiger partial charge is 0.404 e. The van der Waals surface area contributed by atoms with Gasteiger partial charge < -0.3 is 20.6 Å². The summed E-state index contributed by atoms with van der Waals surface area (Å²) in [4.78, 5) is 15.1. The summed E-state index contributed by atoms with van der Waals surface area (Å²) in [7, 11) is 0. The summed E-state index contributed by atoms with van der Waals surface area (Å²) in [5, 5.41) is 8.65. The molecule has 0 spiro atoms. The third-order valence-electron chi connectivity index (χ3n) is 6.63. The molecular weight excluding hydrogens is 396 g/mol. The van der Waals surface area contributed by atoms with Crippen molar-refractivity contribution in [1.82, 2.24) is 9.47 Å². The van der Waals surface area contributed by atoms with Gasteiger partial charge in [-0.3, -0.25) is 4.79 Å². The Kier molecular flexibility index (Phi) is 6.17. The van der Waals surface area contributed by atoms with Crippen LogP contribution in [0.2, 0.25) is 0 Å². The van der Waals surface area contributed by atoms with E-state index < -0.39 is 0 Å². The van der Waals surface area contributed by atoms with Crippen molar-refractivity contribution >= 4 is 28.6 Å². The minimum atomic E-state index is -0.126. The molecule has 0 bridgehead atoms. The lowest BCUT2D eigenvalue weighted by Gasteiger charge is -2.31. The Morgan fingerprint density at radius 1 is 1.19 bits per heavy atom. The number of nitrogens with one attached hydrogen (secondary N) is 1. The average molecular weight is 429 g/mol.